The number of ketones is 1. The first-order valence-corrected chi connectivity index (χ1v) is 2.97. The summed E-state index contributed by atoms with van der Waals surface area (Å²) < 4.78 is 17.7. The minimum absolute atomic E-state index is 0.250. The Morgan fingerprint density at radius 3 is 2.29 bits per heavy atom. The van der Waals surface area contributed by atoms with Crippen molar-refractivity contribution in [2.24, 2.45) is 0 Å². The smallest absolute Gasteiger partial charge is 0.160 e. The minimum Gasteiger partial charge on any atom is -0.306 e. The van der Waals surface area contributed by atoms with Crippen molar-refractivity contribution in [2.75, 3.05) is 5.75 Å². The topological polar surface area (TPSA) is 54.4 Å². The molecule has 3 nitrogen and oxygen atoms in total. The lowest BCUT2D eigenvalue weighted by Gasteiger charge is -1.82. The van der Waals surface area contributed by atoms with Gasteiger partial charge in [0.05, 0.1) is 0 Å². The second kappa shape index (κ2) is 2.87. The van der Waals surface area contributed by atoms with Gasteiger partial charge in [-0.2, -0.15) is 0 Å². The first kappa shape index (κ1) is 6.78. The fourth-order valence-electron chi connectivity index (χ4n) is 0.174. The highest BCUT2D eigenvalue weighted by molar-refractivity contribution is 7.80. The molecule has 42 valence electrons. The van der Waals surface area contributed by atoms with E-state index in [4.69, 9.17) is 4.55 Å². The van der Waals surface area contributed by atoms with Gasteiger partial charge in [0.15, 0.2) is 11.1 Å². The Morgan fingerprint density at radius 2 is 2.29 bits per heavy atom. The first-order chi connectivity index (χ1) is 3.13. The van der Waals surface area contributed by atoms with Crippen LogP contribution in [0.1, 0.15) is 6.92 Å². The minimum atomic E-state index is -1.95. The Morgan fingerprint density at radius 1 is 1.86 bits per heavy atom. The van der Waals surface area contributed by atoms with Crippen molar-refractivity contribution in [1.29, 1.82) is 0 Å². The molecule has 0 aromatic carbocycles. The fraction of sp³-hybridized carbons (Fsp3) is 0.667. The average Bonchev–Trinajstić information content (AvgIpc) is 1.27. The molecule has 0 heterocycles. The van der Waals surface area contributed by atoms with Crippen LogP contribution in [0.5, 0.6) is 0 Å². The Bertz CT molecular complexity index is 86.4. The van der Waals surface area contributed by atoms with Gasteiger partial charge in [0.2, 0.25) is 0 Å². The van der Waals surface area contributed by atoms with E-state index in [0.717, 1.165) is 0 Å². The summed E-state index contributed by atoms with van der Waals surface area (Å²) in [6.45, 7) is 1.27. The summed E-state index contributed by atoms with van der Waals surface area (Å²) in [7, 11) is 0. The van der Waals surface area contributed by atoms with E-state index >= 15 is 0 Å². The van der Waals surface area contributed by atoms with E-state index in [9.17, 15) is 9.00 Å². The van der Waals surface area contributed by atoms with Crippen molar-refractivity contribution in [3.8, 4) is 0 Å². The number of carbonyl (C=O) groups is 1. The number of hydrogen-bond donors (Lipinski definition) is 1. The van der Waals surface area contributed by atoms with Gasteiger partial charge in [-0.3, -0.25) is 4.79 Å². The highest BCUT2D eigenvalue weighted by Gasteiger charge is 1.95. The van der Waals surface area contributed by atoms with Crippen LogP contribution in [0.2, 0.25) is 0 Å². The Hall–Kier alpha value is -0.220. The molecule has 0 aliphatic carbocycles. The summed E-state index contributed by atoms with van der Waals surface area (Å²) in [6.07, 6.45) is 0. The quantitative estimate of drug-likeness (QED) is 0.516. The second-order valence-corrected chi connectivity index (χ2v) is 2.10. The summed E-state index contributed by atoms with van der Waals surface area (Å²) in [6, 6.07) is 0. The normalized spacial score (nSPS) is 13.4. The van der Waals surface area contributed by atoms with E-state index in [1.54, 1.807) is 0 Å². The molecule has 0 aliphatic rings. The zero-order valence-corrected chi connectivity index (χ0v) is 4.70. The molecule has 7 heavy (non-hydrogen) atoms. The maximum Gasteiger partial charge on any atom is 0.160 e. The molecule has 0 saturated heterocycles. The molecule has 1 unspecified atom stereocenters. The lowest BCUT2D eigenvalue weighted by atomic mass is 10.5. The molecular weight excluding hydrogens is 116 g/mol. The van der Waals surface area contributed by atoms with Gasteiger partial charge in [0, 0.05) is 0 Å². The molecule has 0 rings (SSSR count). The number of rotatable bonds is 2. The third kappa shape index (κ3) is 5.78. The van der Waals surface area contributed by atoms with Crippen molar-refractivity contribution in [1.82, 2.24) is 0 Å². The van der Waals surface area contributed by atoms with E-state index in [0.29, 0.717) is 0 Å². The molecule has 0 amide bonds. The Balaban J connectivity index is 3.32. The van der Waals surface area contributed by atoms with Crippen LogP contribution in [0, 0.1) is 0 Å². The Kier molecular flexibility index (Phi) is 2.78. The zero-order chi connectivity index (χ0) is 5.86. The molecule has 0 fully saturated rings. The maximum absolute atomic E-state index is 9.90. The van der Waals surface area contributed by atoms with Gasteiger partial charge in [-0.1, -0.05) is 0 Å². The molecule has 4 heteroatoms. The summed E-state index contributed by atoms with van der Waals surface area (Å²) in [5, 5.41) is 0. The molecule has 0 radical (unpaired) electrons. The molecule has 0 bridgehead atoms. The third-order valence-corrected chi connectivity index (χ3v) is 0.980. The van der Waals surface area contributed by atoms with Crippen LogP contribution < -0.4 is 0 Å². The van der Waals surface area contributed by atoms with Crippen LogP contribution >= 0.6 is 0 Å². The SMILES string of the molecule is CC(=O)CS(=O)O. The molecule has 0 saturated carbocycles. The maximum atomic E-state index is 9.90. The molecule has 0 aromatic heterocycles. The third-order valence-electron chi connectivity index (χ3n) is 0.327. The number of Topliss-reactive ketones (excluding diaryl/α,β-unsaturated/α-hetero) is 1. The molecule has 1 N–H and O–H groups in total. The highest BCUT2D eigenvalue weighted by Crippen LogP contribution is 1.73. The van der Waals surface area contributed by atoms with Crippen LogP contribution in [0.4, 0.5) is 0 Å². The van der Waals surface area contributed by atoms with E-state index in [1.165, 1.54) is 6.92 Å². The molecular formula is C3H6O3S. The number of carbonyl (C=O) groups excluding carboxylic acids is 1. The van der Waals surface area contributed by atoms with Crippen LogP contribution in [0.3, 0.4) is 0 Å². The molecule has 0 spiro atoms. The predicted octanol–water partition coefficient (Wildman–Crippen LogP) is -0.203. The van der Waals surface area contributed by atoms with Crippen molar-refractivity contribution in [3.63, 3.8) is 0 Å². The van der Waals surface area contributed by atoms with Gasteiger partial charge >= 0.3 is 0 Å². The average molecular weight is 122 g/mol. The van der Waals surface area contributed by atoms with Gasteiger partial charge in [-0.25, -0.2) is 4.21 Å². The van der Waals surface area contributed by atoms with Gasteiger partial charge in [-0.15, -0.1) is 0 Å². The zero-order valence-electron chi connectivity index (χ0n) is 3.88. The molecule has 0 aliphatic heterocycles. The number of hydrogen-bond acceptors (Lipinski definition) is 2. The van der Waals surface area contributed by atoms with Gasteiger partial charge in [0.1, 0.15) is 11.5 Å². The summed E-state index contributed by atoms with van der Waals surface area (Å²) in [5.41, 5.74) is 0. The first-order valence-electron chi connectivity index (χ1n) is 1.70. The van der Waals surface area contributed by atoms with Gasteiger partial charge in [0.25, 0.3) is 0 Å². The Labute approximate surface area is 44.0 Å². The fourth-order valence-corrected chi connectivity index (χ4v) is 0.522. The second-order valence-electron chi connectivity index (χ2n) is 1.17. The van der Waals surface area contributed by atoms with Gasteiger partial charge in [-0.05, 0) is 6.92 Å². The van der Waals surface area contributed by atoms with Crippen molar-refractivity contribution >= 4 is 16.9 Å². The van der Waals surface area contributed by atoms with E-state index in [-0.39, 0.29) is 11.5 Å². The standard InChI is InChI=1S/C3H6O3S/c1-3(4)2-7(5)6/h2H2,1H3,(H,5,6). The largest absolute Gasteiger partial charge is 0.306 e. The van der Waals surface area contributed by atoms with E-state index < -0.39 is 11.1 Å². The van der Waals surface area contributed by atoms with Crippen molar-refractivity contribution < 1.29 is 13.6 Å². The van der Waals surface area contributed by atoms with E-state index in [2.05, 4.69) is 0 Å². The lowest BCUT2D eigenvalue weighted by molar-refractivity contribution is -0.114. The van der Waals surface area contributed by atoms with Crippen LogP contribution in [-0.4, -0.2) is 20.3 Å². The van der Waals surface area contributed by atoms with Crippen LogP contribution in [-0.2, 0) is 15.9 Å². The summed E-state index contributed by atoms with van der Waals surface area (Å²) >= 11 is -1.95. The summed E-state index contributed by atoms with van der Waals surface area (Å²) in [5.74, 6) is -0.513. The predicted molar refractivity (Wildman–Crippen MR) is 26.3 cm³/mol. The van der Waals surface area contributed by atoms with Gasteiger partial charge < -0.3 is 4.55 Å². The molecule has 1 atom stereocenters. The summed E-state index contributed by atoms with van der Waals surface area (Å²) in [4.78, 5) is 9.90. The van der Waals surface area contributed by atoms with Crippen LogP contribution in [0.15, 0.2) is 0 Å². The van der Waals surface area contributed by atoms with Crippen molar-refractivity contribution in [2.45, 2.75) is 6.92 Å². The lowest BCUT2D eigenvalue weighted by Crippen LogP contribution is -2.03. The molecule has 0 aromatic rings. The van der Waals surface area contributed by atoms with E-state index in [1.807, 2.05) is 0 Å². The van der Waals surface area contributed by atoms with Crippen LogP contribution in [0.25, 0.3) is 0 Å². The monoisotopic (exact) mass is 122 g/mol. The highest BCUT2D eigenvalue weighted by atomic mass is 32.2. The van der Waals surface area contributed by atoms with Crippen molar-refractivity contribution in [3.05, 3.63) is 0 Å².